The quantitative estimate of drug-likeness (QED) is 0.244. The maximum absolute atomic E-state index is 4.59. The molecule has 0 spiro atoms. The van der Waals surface area contributed by atoms with Crippen LogP contribution in [0.15, 0.2) is 140 Å². The summed E-state index contributed by atoms with van der Waals surface area (Å²) < 4.78 is 0. The van der Waals surface area contributed by atoms with E-state index in [9.17, 15) is 0 Å². The maximum atomic E-state index is 4.59. The van der Waals surface area contributed by atoms with Gasteiger partial charge in [-0.05, 0) is 74.8 Å². The molecule has 0 N–H and O–H groups in total. The monoisotopic (exact) mass is 461 g/mol. The zero-order chi connectivity index (χ0) is 24.2. The highest BCUT2D eigenvalue weighted by molar-refractivity contribution is 6.19. The molecule has 1 heteroatoms. The Labute approximate surface area is 212 Å². The van der Waals surface area contributed by atoms with Gasteiger partial charge in [-0.2, -0.15) is 0 Å². The second-order valence-corrected chi connectivity index (χ2v) is 9.03. The van der Waals surface area contributed by atoms with Crippen molar-refractivity contribution in [3.8, 4) is 22.4 Å². The molecule has 0 saturated carbocycles. The van der Waals surface area contributed by atoms with Gasteiger partial charge in [0.15, 0.2) is 0 Å². The highest BCUT2D eigenvalue weighted by Gasteiger charge is 2.17. The molecule has 5 aromatic rings. The Bertz CT molecular complexity index is 1610. The lowest BCUT2D eigenvalue weighted by molar-refractivity contribution is 1.33. The van der Waals surface area contributed by atoms with Crippen molar-refractivity contribution in [2.24, 2.45) is 0 Å². The van der Waals surface area contributed by atoms with Crippen LogP contribution in [0.5, 0.6) is 0 Å². The van der Waals surface area contributed by atoms with Gasteiger partial charge in [0.1, 0.15) is 0 Å². The normalized spacial score (nSPS) is 17.8. The Hall–Kier alpha value is -4.49. The Kier molecular flexibility index (Phi) is 6.12. The number of hydrogen-bond donors (Lipinski definition) is 0. The zero-order valence-corrected chi connectivity index (χ0v) is 20.1. The van der Waals surface area contributed by atoms with E-state index in [4.69, 9.17) is 0 Å². The summed E-state index contributed by atoms with van der Waals surface area (Å²) in [5.74, 6) is 0. The third kappa shape index (κ3) is 4.21. The molecule has 1 nitrogen and oxygen atoms in total. The van der Waals surface area contributed by atoms with E-state index in [1.807, 2.05) is 18.3 Å². The predicted octanol–water partition coefficient (Wildman–Crippen LogP) is 9.57. The Balaban J connectivity index is 1.64. The maximum Gasteiger partial charge on any atom is 0.0702 e. The minimum Gasteiger partial charge on any atom is -0.256 e. The first-order valence-corrected chi connectivity index (χ1v) is 12.5. The van der Waals surface area contributed by atoms with Crippen LogP contribution >= 0.6 is 0 Å². The van der Waals surface area contributed by atoms with Gasteiger partial charge >= 0.3 is 0 Å². The van der Waals surface area contributed by atoms with E-state index < -0.39 is 0 Å². The van der Waals surface area contributed by atoms with Gasteiger partial charge in [-0.15, -0.1) is 0 Å². The number of hydrogen-bond acceptors (Lipinski definition) is 1. The third-order valence-corrected chi connectivity index (χ3v) is 6.76. The summed E-state index contributed by atoms with van der Waals surface area (Å²) >= 11 is 0. The Morgan fingerprint density at radius 3 is 1.86 bits per heavy atom. The second kappa shape index (κ2) is 10.0. The first-order chi connectivity index (χ1) is 17.9. The molecule has 1 aliphatic carbocycles. The van der Waals surface area contributed by atoms with Gasteiger partial charge in [0.05, 0.1) is 5.69 Å². The standard InChI is InChI=1S/C35H27N/c1-2-4-6-15-26(16-7-5-3-1)34-29-19-8-10-21-31(29)35(32-22-11-9-20-30(32)34)28-18-14-17-27(25-28)33-23-12-13-24-36-33/h1-4,7-25H,5-6H2/b3-1-,4-2-,16-7-,26-15+. The van der Waals surface area contributed by atoms with Gasteiger partial charge in [0.2, 0.25) is 0 Å². The van der Waals surface area contributed by atoms with E-state index >= 15 is 0 Å². The Morgan fingerprint density at radius 2 is 1.17 bits per heavy atom. The molecule has 0 bridgehead atoms. The molecular formula is C35H27N. The molecule has 1 aromatic heterocycles. The summed E-state index contributed by atoms with van der Waals surface area (Å²) in [4.78, 5) is 4.59. The van der Waals surface area contributed by atoms with Crippen LogP contribution in [0, 0.1) is 0 Å². The average molecular weight is 462 g/mol. The molecule has 0 atom stereocenters. The minimum absolute atomic E-state index is 0.903. The molecule has 6 rings (SSSR count). The van der Waals surface area contributed by atoms with Gasteiger partial charge in [0.25, 0.3) is 0 Å². The van der Waals surface area contributed by atoms with E-state index in [0.29, 0.717) is 0 Å². The summed E-state index contributed by atoms with van der Waals surface area (Å²) in [6, 6.07) is 32.5. The molecule has 0 radical (unpaired) electrons. The van der Waals surface area contributed by atoms with Crippen molar-refractivity contribution in [3.63, 3.8) is 0 Å². The van der Waals surface area contributed by atoms with Gasteiger partial charge < -0.3 is 0 Å². The predicted molar refractivity (Wildman–Crippen MR) is 155 cm³/mol. The SMILES string of the molecule is C1=C\C/C=C\C(c2c3ccccc3c(-c3cccc(-c4ccccn4)c3)c3ccccc23)=C/C\C=C/1. The number of nitrogens with zero attached hydrogens (tertiary/aromatic N) is 1. The summed E-state index contributed by atoms with van der Waals surface area (Å²) in [5.41, 5.74) is 7.18. The van der Waals surface area contributed by atoms with Crippen LogP contribution in [0.2, 0.25) is 0 Å². The van der Waals surface area contributed by atoms with E-state index in [2.05, 4.69) is 126 Å². The molecule has 172 valence electrons. The molecule has 4 aromatic carbocycles. The molecule has 0 unspecified atom stereocenters. The Morgan fingerprint density at radius 1 is 0.528 bits per heavy atom. The van der Waals surface area contributed by atoms with E-state index in [-0.39, 0.29) is 0 Å². The van der Waals surface area contributed by atoms with Crippen molar-refractivity contribution in [1.29, 1.82) is 0 Å². The highest BCUT2D eigenvalue weighted by Crippen LogP contribution is 2.42. The number of benzene rings is 4. The van der Waals surface area contributed by atoms with E-state index in [0.717, 1.165) is 24.1 Å². The van der Waals surface area contributed by atoms with E-state index in [1.54, 1.807) is 0 Å². The summed E-state index contributed by atoms with van der Waals surface area (Å²) in [6.45, 7) is 0. The molecular weight excluding hydrogens is 434 g/mol. The number of rotatable bonds is 3. The van der Waals surface area contributed by atoms with Crippen LogP contribution in [0.3, 0.4) is 0 Å². The molecule has 36 heavy (non-hydrogen) atoms. The number of pyridine rings is 1. The first-order valence-electron chi connectivity index (χ1n) is 12.5. The number of fused-ring (bicyclic) bond motifs is 2. The first kappa shape index (κ1) is 22.0. The van der Waals surface area contributed by atoms with Crippen molar-refractivity contribution in [3.05, 3.63) is 145 Å². The lowest BCUT2D eigenvalue weighted by Gasteiger charge is -2.18. The van der Waals surface area contributed by atoms with Crippen LogP contribution in [0.25, 0.3) is 49.5 Å². The number of aromatic nitrogens is 1. The fraction of sp³-hybridized carbons (Fsp3) is 0.0571. The van der Waals surface area contributed by atoms with Crippen LogP contribution < -0.4 is 0 Å². The van der Waals surface area contributed by atoms with Crippen molar-refractivity contribution >= 4 is 27.1 Å². The summed E-state index contributed by atoms with van der Waals surface area (Å²) in [5, 5.41) is 5.10. The number of allylic oxidation sites excluding steroid dienone is 8. The lowest BCUT2D eigenvalue weighted by Crippen LogP contribution is -1.93. The molecule has 0 aliphatic heterocycles. The lowest BCUT2D eigenvalue weighted by atomic mass is 9.85. The zero-order valence-electron chi connectivity index (χ0n) is 20.1. The van der Waals surface area contributed by atoms with Crippen LogP contribution in [0.4, 0.5) is 0 Å². The van der Waals surface area contributed by atoms with Gasteiger partial charge in [-0.25, -0.2) is 0 Å². The molecule has 0 fully saturated rings. The van der Waals surface area contributed by atoms with Gasteiger partial charge in [0, 0.05) is 11.8 Å². The van der Waals surface area contributed by atoms with Crippen LogP contribution in [-0.2, 0) is 0 Å². The van der Waals surface area contributed by atoms with Crippen LogP contribution in [0.1, 0.15) is 18.4 Å². The minimum atomic E-state index is 0.903. The van der Waals surface area contributed by atoms with E-state index in [1.165, 1.54) is 43.8 Å². The molecule has 0 amide bonds. The van der Waals surface area contributed by atoms with Crippen molar-refractivity contribution < 1.29 is 0 Å². The van der Waals surface area contributed by atoms with Crippen molar-refractivity contribution in [1.82, 2.24) is 4.98 Å². The van der Waals surface area contributed by atoms with Crippen molar-refractivity contribution in [2.45, 2.75) is 12.8 Å². The topological polar surface area (TPSA) is 12.9 Å². The molecule has 1 aliphatic rings. The fourth-order valence-corrected chi connectivity index (χ4v) is 5.15. The summed E-state index contributed by atoms with van der Waals surface area (Å²) in [6.07, 6.45) is 19.3. The molecule has 0 saturated heterocycles. The molecule has 1 heterocycles. The van der Waals surface area contributed by atoms with Crippen LogP contribution in [-0.4, -0.2) is 4.98 Å². The smallest absolute Gasteiger partial charge is 0.0702 e. The summed E-state index contributed by atoms with van der Waals surface area (Å²) in [7, 11) is 0. The highest BCUT2D eigenvalue weighted by atomic mass is 14.7. The van der Waals surface area contributed by atoms with Crippen molar-refractivity contribution in [2.75, 3.05) is 0 Å². The average Bonchev–Trinajstić information content (AvgIpc) is 2.95. The third-order valence-electron chi connectivity index (χ3n) is 6.76. The van der Waals surface area contributed by atoms with Gasteiger partial charge in [-0.1, -0.05) is 115 Å². The fourth-order valence-electron chi connectivity index (χ4n) is 5.15. The van der Waals surface area contributed by atoms with Gasteiger partial charge in [-0.3, -0.25) is 4.98 Å². The largest absolute Gasteiger partial charge is 0.256 e. The second-order valence-electron chi connectivity index (χ2n) is 9.03.